The van der Waals surface area contributed by atoms with E-state index < -0.39 is 0 Å². The Morgan fingerprint density at radius 1 is 1.27 bits per heavy atom. The van der Waals surface area contributed by atoms with Crippen molar-refractivity contribution in [3.63, 3.8) is 0 Å². The van der Waals surface area contributed by atoms with E-state index >= 15 is 0 Å². The SMILES string of the molecule is OC1CCN(c2cc(CNCC3CCCO3)ccc2F)CC1. The molecule has 3 rings (SSSR count). The lowest BCUT2D eigenvalue weighted by Gasteiger charge is -2.32. The molecule has 0 amide bonds. The van der Waals surface area contributed by atoms with Crippen molar-refractivity contribution >= 4 is 5.69 Å². The second kappa shape index (κ2) is 7.40. The van der Waals surface area contributed by atoms with Gasteiger partial charge in [0, 0.05) is 32.8 Å². The van der Waals surface area contributed by atoms with E-state index in [1.807, 2.05) is 17.0 Å². The van der Waals surface area contributed by atoms with Crippen molar-refractivity contribution in [3.05, 3.63) is 29.6 Å². The molecular weight excluding hydrogens is 283 g/mol. The van der Waals surface area contributed by atoms with E-state index in [2.05, 4.69) is 5.32 Å². The summed E-state index contributed by atoms with van der Waals surface area (Å²) in [5.41, 5.74) is 1.74. The summed E-state index contributed by atoms with van der Waals surface area (Å²) in [6.45, 7) is 3.87. The molecule has 0 aromatic heterocycles. The van der Waals surface area contributed by atoms with Crippen LogP contribution in [0.1, 0.15) is 31.2 Å². The third kappa shape index (κ3) is 3.97. The molecule has 2 fully saturated rings. The Labute approximate surface area is 131 Å². The zero-order valence-corrected chi connectivity index (χ0v) is 12.9. The lowest BCUT2D eigenvalue weighted by atomic mass is 10.1. The molecule has 2 aliphatic heterocycles. The van der Waals surface area contributed by atoms with Gasteiger partial charge < -0.3 is 20.1 Å². The molecule has 2 saturated heterocycles. The van der Waals surface area contributed by atoms with Crippen LogP contribution in [0.5, 0.6) is 0 Å². The average Bonchev–Trinajstić information content (AvgIpc) is 3.03. The summed E-state index contributed by atoms with van der Waals surface area (Å²) in [6.07, 6.45) is 3.77. The molecule has 1 unspecified atom stereocenters. The second-order valence-electron chi connectivity index (χ2n) is 6.27. The highest BCUT2D eigenvalue weighted by Gasteiger charge is 2.20. The van der Waals surface area contributed by atoms with E-state index in [0.29, 0.717) is 37.7 Å². The number of piperidine rings is 1. The van der Waals surface area contributed by atoms with Gasteiger partial charge in [0.1, 0.15) is 5.82 Å². The summed E-state index contributed by atoms with van der Waals surface area (Å²) in [5, 5.41) is 13.0. The number of hydrogen-bond acceptors (Lipinski definition) is 4. The molecule has 1 aromatic carbocycles. The number of hydrogen-bond donors (Lipinski definition) is 2. The Hall–Kier alpha value is -1.17. The molecule has 0 bridgehead atoms. The van der Waals surface area contributed by atoms with E-state index in [-0.39, 0.29) is 11.9 Å². The summed E-state index contributed by atoms with van der Waals surface area (Å²) in [5.74, 6) is -0.181. The normalized spacial score (nSPS) is 23.2. The first kappa shape index (κ1) is 15.7. The van der Waals surface area contributed by atoms with Crippen molar-refractivity contribution in [2.24, 2.45) is 0 Å². The minimum Gasteiger partial charge on any atom is -0.393 e. The van der Waals surface area contributed by atoms with Gasteiger partial charge in [0.25, 0.3) is 0 Å². The number of rotatable bonds is 5. The summed E-state index contributed by atoms with van der Waals surface area (Å²) < 4.78 is 19.7. The van der Waals surface area contributed by atoms with E-state index in [1.165, 1.54) is 0 Å². The highest BCUT2D eigenvalue weighted by molar-refractivity contribution is 5.50. The van der Waals surface area contributed by atoms with Crippen LogP contribution in [-0.4, -0.2) is 43.6 Å². The topological polar surface area (TPSA) is 44.7 Å². The Balaban J connectivity index is 1.57. The van der Waals surface area contributed by atoms with Gasteiger partial charge in [-0.3, -0.25) is 0 Å². The Bertz CT molecular complexity index is 484. The molecule has 4 nitrogen and oxygen atoms in total. The van der Waals surface area contributed by atoms with E-state index in [0.717, 1.165) is 38.1 Å². The van der Waals surface area contributed by atoms with Crippen LogP contribution in [0.25, 0.3) is 0 Å². The van der Waals surface area contributed by atoms with Crippen molar-refractivity contribution in [2.45, 2.75) is 44.4 Å². The molecule has 0 spiro atoms. The van der Waals surface area contributed by atoms with E-state index in [4.69, 9.17) is 4.74 Å². The van der Waals surface area contributed by atoms with Crippen molar-refractivity contribution < 1.29 is 14.2 Å². The lowest BCUT2D eigenvalue weighted by molar-refractivity contribution is 0.110. The van der Waals surface area contributed by atoms with Crippen LogP contribution in [-0.2, 0) is 11.3 Å². The molecule has 2 heterocycles. The maximum atomic E-state index is 14.1. The minimum absolute atomic E-state index is 0.181. The van der Waals surface area contributed by atoms with Crippen LogP contribution in [0.15, 0.2) is 18.2 Å². The maximum absolute atomic E-state index is 14.1. The highest BCUT2D eigenvalue weighted by atomic mass is 19.1. The molecule has 22 heavy (non-hydrogen) atoms. The molecule has 1 aromatic rings. The van der Waals surface area contributed by atoms with Gasteiger partial charge in [-0.1, -0.05) is 6.07 Å². The maximum Gasteiger partial charge on any atom is 0.146 e. The van der Waals surface area contributed by atoms with Gasteiger partial charge >= 0.3 is 0 Å². The molecule has 122 valence electrons. The van der Waals surface area contributed by atoms with Crippen LogP contribution in [0.2, 0.25) is 0 Å². The van der Waals surface area contributed by atoms with Gasteiger partial charge in [0.05, 0.1) is 17.9 Å². The van der Waals surface area contributed by atoms with Crippen LogP contribution in [0, 0.1) is 5.82 Å². The smallest absolute Gasteiger partial charge is 0.146 e. The average molecular weight is 308 g/mol. The molecule has 0 radical (unpaired) electrons. The molecule has 1 atom stereocenters. The van der Waals surface area contributed by atoms with Crippen molar-refractivity contribution in [1.82, 2.24) is 5.32 Å². The molecule has 2 N–H and O–H groups in total. The first-order valence-electron chi connectivity index (χ1n) is 8.26. The number of nitrogens with one attached hydrogen (secondary N) is 1. The molecule has 5 heteroatoms. The number of benzene rings is 1. The van der Waals surface area contributed by atoms with Crippen molar-refractivity contribution in [3.8, 4) is 0 Å². The second-order valence-corrected chi connectivity index (χ2v) is 6.27. The Morgan fingerprint density at radius 2 is 2.09 bits per heavy atom. The summed E-state index contributed by atoms with van der Waals surface area (Å²) in [7, 11) is 0. The predicted molar refractivity (Wildman–Crippen MR) is 84.5 cm³/mol. The van der Waals surface area contributed by atoms with Crippen LogP contribution in [0.3, 0.4) is 0 Å². The third-order valence-electron chi connectivity index (χ3n) is 4.54. The number of ether oxygens (including phenoxy) is 1. The fourth-order valence-electron chi connectivity index (χ4n) is 3.20. The fraction of sp³-hybridized carbons (Fsp3) is 0.647. The first-order chi connectivity index (χ1) is 10.7. The summed E-state index contributed by atoms with van der Waals surface area (Å²) in [6, 6.07) is 5.30. The Kier molecular flexibility index (Phi) is 5.28. The van der Waals surface area contributed by atoms with Gasteiger partial charge in [0.2, 0.25) is 0 Å². The van der Waals surface area contributed by atoms with E-state index in [9.17, 15) is 9.50 Å². The third-order valence-corrected chi connectivity index (χ3v) is 4.54. The number of aliphatic hydroxyl groups excluding tert-OH is 1. The first-order valence-corrected chi connectivity index (χ1v) is 8.26. The summed E-state index contributed by atoms with van der Waals surface area (Å²) >= 11 is 0. The van der Waals surface area contributed by atoms with Gasteiger partial charge in [-0.05, 0) is 43.4 Å². The monoisotopic (exact) mass is 308 g/mol. The number of nitrogens with zero attached hydrogens (tertiary/aromatic N) is 1. The molecule has 2 aliphatic rings. The summed E-state index contributed by atoms with van der Waals surface area (Å²) in [4.78, 5) is 2.03. The lowest BCUT2D eigenvalue weighted by Crippen LogP contribution is -2.36. The van der Waals surface area contributed by atoms with Crippen LogP contribution >= 0.6 is 0 Å². The zero-order chi connectivity index (χ0) is 15.4. The van der Waals surface area contributed by atoms with Gasteiger partial charge in [-0.25, -0.2) is 4.39 Å². The van der Waals surface area contributed by atoms with Crippen molar-refractivity contribution in [2.75, 3.05) is 31.1 Å². The molecular formula is C17H25FN2O2. The number of aliphatic hydroxyl groups is 1. The fourth-order valence-corrected chi connectivity index (χ4v) is 3.20. The minimum atomic E-state index is -0.240. The number of anilines is 1. The molecule has 0 aliphatic carbocycles. The predicted octanol–water partition coefficient (Wildman–Crippen LogP) is 2.06. The van der Waals surface area contributed by atoms with Crippen LogP contribution < -0.4 is 10.2 Å². The largest absolute Gasteiger partial charge is 0.393 e. The van der Waals surface area contributed by atoms with Gasteiger partial charge in [-0.15, -0.1) is 0 Å². The zero-order valence-electron chi connectivity index (χ0n) is 12.9. The van der Waals surface area contributed by atoms with E-state index in [1.54, 1.807) is 6.07 Å². The van der Waals surface area contributed by atoms with Gasteiger partial charge in [-0.2, -0.15) is 0 Å². The van der Waals surface area contributed by atoms with Gasteiger partial charge in [0.15, 0.2) is 0 Å². The quantitative estimate of drug-likeness (QED) is 0.874. The molecule has 0 saturated carbocycles. The highest BCUT2D eigenvalue weighted by Crippen LogP contribution is 2.24. The Morgan fingerprint density at radius 3 is 2.82 bits per heavy atom. The van der Waals surface area contributed by atoms with Crippen LogP contribution in [0.4, 0.5) is 10.1 Å². The number of halogens is 1. The standard InChI is InChI=1S/C17H25FN2O2/c18-16-4-3-13(11-19-12-15-2-1-9-22-15)10-17(16)20-7-5-14(21)6-8-20/h3-4,10,14-15,19,21H,1-2,5-9,11-12H2. The van der Waals surface area contributed by atoms with Crippen molar-refractivity contribution in [1.29, 1.82) is 0 Å².